The number of fused-ring (bicyclic) bond motifs is 1. The van der Waals surface area contributed by atoms with Crippen molar-refractivity contribution in [3.63, 3.8) is 0 Å². The quantitative estimate of drug-likeness (QED) is 0.373. The van der Waals surface area contributed by atoms with Gasteiger partial charge in [0.05, 0.1) is 19.9 Å². The number of methoxy groups -OCH3 is 2. The van der Waals surface area contributed by atoms with Crippen LogP contribution in [0.4, 0.5) is 5.95 Å². The summed E-state index contributed by atoms with van der Waals surface area (Å²) in [6, 6.07) is 18.9. The smallest absolute Gasteiger partial charge is 0.253 e. The van der Waals surface area contributed by atoms with Gasteiger partial charge in [0.1, 0.15) is 0 Å². The van der Waals surface area contributed by atoms with Gasteiger partial charge in [-0.15, -0.1) is 5.10 Å². The lowest BCUT2D eigenvalue weighted by Crippen LogP contribution is -2.28. The number of ether oxygens (including phenoxy) is 2. The van der Waals surface area contributed by atoms with Gasteiger partial charge in [-0.3, -0.25) is 14.9 Å². The molecule has 0 aliphatic heterocycles. The number of hydrogen-bond acceptors (Lipinski definition) is 6. The lowest BCUT2D eigenvalue weighted by Gasteiger charge is -2.18. The van der Waals surface area contributed by atoms with Crippen LogP contribution in [0.1, 0.15) is 28.8 Å². The van der Waals surface area contributed by atoms with Crippen LogP contribution in [-0.2, 0) is 11.2 Å². The average Bonchev–Trinajstić information content (AvgIpc) is 3.70. The van der Waals surface area contributed by atoms with E-state index in [4.69, 9.17) is 9.47 Å². The molecule has 9 heteroatoms. The van der Waals surface area contributed by atoms with Crippen LogP contribution in [0.5, 0.6) is 11.5 Å². The Morgan fingerprint density at radius 1 is 1.03 bits per heavy atom. The molecule has 5 rings (SSSR count). The zero-order valence-electron chi connectivity index (χ0n) is 21.1. The topological polar surface area (TPSA) is 98.1 Å². The second kappa shape index (κ2) is 10.3. The Hall–Kier alpha value is -4.40. The van der Waals surface area contributed by atoms with Gasteiger partial charge in [0, 0.05) is 30.6 Å². The third kappa shape index (κ3) is 5.25. The van der Waals surface area contributed by atoms with Crippen LogP contribution in [0.2, 0.25) is 0 Å². The summed E-state index contributed by atoms with van der Waals surface area (Å²) >= 11 is 0. The van der Waals surface area contributed by atoms with Crippen molar-refractivity contribution in [3.05, 3.63) is 71.8 Å². The Labute approximate surface area is 215 Å². The predicted molar refractivity (Wildman–Crippen MR) is 140 cm³/mol. The first-order valence-corrected chi connectivity index (χ1v) is 12.2. The van der Waals surface area contributed by atoms with E-state index in [9.17, 15) is 9.59 Å². The van der Waals surface area contributed by atoms with Crippen molar-refractivity contribution in [2.75, 3.05) is 33.1 Å². The summed E-state index contributed by atoms with van der Waals surface area (Å²) in [5, 5.41) is 7.28. The van der Waals surface area contributed by atoms with E-state index >= 15 is 0 Å². The zero-order valence-corrected chi connectivity index (χ0v) is 21.1. The van der Waals surface area contributed by atoms with Crippen LogP contribution in [-0.4, -0.2) is 59.1 Å². The molecule has 37 heavy (non-hydrogen) atoms. The van der Waals surface area contributed by atoms with E-state index in [0.29, 0.717) is 41.6 Å². The maximum atomic E-state index is 13.0. The number of hydrogen-bond donors (Lipinski definition) is 1. The predicted octanol–water partition coefficient (Wildman–Crippen LogP) is 4.08. The first-order chi connectivity index (χ1) is 18.0. The van der Waals surface area contributed by atoms with Gasteiger partial charge < -0.3 is 14.4 Å². The number of aromatic nitrogens is 3. The summed E-state index contributed by atoms with van der Waals surface area (Å²) in [6.45, 7) is 0.559. The number of pyridine rings is 1. The van der Waals surface area contributed by atoms with Crippen molar-refractivity contribution in [3.8, 4) is 22.8 Å². The van der Waals surface area contributed by atoms with E-state index < -0.39 is 0 Å². The molecule has 9 nitrogen and oxygen atoms in total. The van der Waals surface area contributed by atoms with Crippen molar-refractivity contribution >= 4 is 23.4 Å². The maximum absolute atomic E-state index is 13.0. The van der Waals surface area contributed by atoms with Gasteiger partial charge in [0.25, 0.3) is 5.91 Å². The van der Waals surface area contributed by atoms with Gasteiger partial charge in [-0.25, -0.2) is 4.52 Å². The fourth-order valence-electron chi connectivity index (χ4n) is 4.17. The molecule has 190 valence electrons. The second-order valence-electron chi connectivity index (χ2n) is 9.12. The highest BCUT2D eigenvalue weighted by molar-refractivity contribution is 5.94. The van der Waals surface area contributed by atoms with Gasteiger partial charge in [-0.05, 0) is 61.2 Å². The fourth-order valence-corrected chi connectivity index (χ4v) is 4.17. The largest absolute Gasteiger partial charge is 0.493 e. The van der Waals surface area contributed by atoms with Crippen molar-refractivity contribution in [2.24, 2.45) is 5.92 Å². The van der Waals surface area contributed by atoms with E-state index in [0.717, 1.165) is 29.7 Å². The summed E-state index contributed by atoms with van der Waals surface area (Å²) in [7, 11) is 5.01. The summed E-state index contributed by atoms with van der Waals surface area (Å²) in [4.78, 5) is 31.3. The highest BCUT2D eigenvalue weighted by atomic mass is 16.5. The number of anilines is 1. The molecule has 1 fully saturated rings. The monoisotopic (exact) mass is 499 g/mol. The number of benzene rings is 2. The Morgan fingerprint density at radius 2 is 1.78 bits per heavy atom. The van der Waals surface area contributed by atoms with Crippen molar-refractivity contribution in [2.45, 2.75) is 19.3 Å². The molecule has 0 atom stereocenters. The molecule has 0 bridgehead atoms. The first kappa shape index (κ1) is 24.3. The third-order valence-corrected chi connectivity index (χ3v) is 6.50. The molecule has 2 heterocycles. The lowest BCUT2D eigenvalue weighted by molar-refractivity contribution is -0.117. The zero-order chi connectivity index (χ0) is 25.9. The van der Waals surface area contributed by atoms with E-state index in [1.165, 1.54) is 0 Å². The minimum atomic E-state index is -0.0592. The number of carbonyl (C=O) groups excluding carboxylic acids is 2. The molecule has 0 spiro atoms. The van der Waals surface area contributed by atoms with Gasteiger partial charge in [0.15, 0.2) is 17.1 Å². The van der Waals surface area contributed by atoms with Gasteiger partial charge in [-0.2, -0.15) is 4.98 Å². The standard InChI is InChI=1S/C28H29N5O4/c1-32(16-15-18-7-14-23(36-2)24(17-18)37-3)27(35)21-12-8-19(9-13-21)22-5-4-6-25-29-28(31-33(22)25)30-26(34)20-10-11-20/h4-9,12-14,17,20H,10-11,15-16H2,1-3H3,(H,30,31,34). The van der Waals surface area contributed by atoms with Crippen LogP contribution < -0.4 is 14.8 Å². The third-order valence-electron chi connectivity index (χ3n) is 6.50. The fraction of sp³-hybridized carbons (Fsp3) is 0.286. The average molecular weight is 500 g/mol. The van der Waals surface area contributed by atoms with Gasteiger partial charge in [-0.1, -0.05) is 24.3 Å². The van der Waals surface area contributed by atoms with E-state index in [1.807, 2.05) is 60.7 Å². The molecule has 2 amide bonds. The number of rotatable bonds is 9. The minimum absolute atomic E-state index is 0.0319. The van der Waals surface area contributed by atoms with E-state index in [1.54, 1.807) is 30.7 Å². The van der Waals surface area contributed by atoms with Crippen molar-refractivity contribution < 1.29 is 19.1 Å². The number of carbonyl (C=O) groups is 2. The SMILES string of the molecule is COc1ccc(CCN(C)C(=O)c2ccc(-c3cccc4nc(NC(=O)C5CC5)nn34)cc2)cc1OC. The number of amides is 2. The number of nitrogens with one attached hydrogen (secondary N) is 1. The Bertz CT molecular complexity index is 1440. The molecule has 1 aliphatic carbocycles. The molecule has 4 aromatic rings. The molecule has 2 aromatic heterocycles. The normalized spacial score (nSPS) is 12.8. The Kier molecular flexibility index (Phi) is 6.76. The Balaban J connectivity index is 1.27. The molecule has 2 aromatic carbocycles. The van der Waals surface area contributed by atoms with Crippen LogP contribution >= 0.6 is 0 Å². The lowest BCUT2D eigenvalue weighted by atomic mass is 10.1. The van der Waals surface area contributed by atoms with Crippen LogP contribution in [0.25, 0.3) is 16.9 Å². The van der Waals surface area contributed by atoms with Crippen LogP contribution in [0.3, 0.4) is 0 Å². The molecule has 0 saturated heterocycles. The van der Waals surface area contributed by atoms with Crippen LogP contribution in [0.15, 0.2) is 60.7 Å². The number of nitrogens with zero attached hydrogens (tertiary/aromatic N) is 4. The summed E-state index contributed by atoms with van der Waals surface area (Å²) in [6.07, 6.45) is 2.52. The van der Waals surface area contributed by atoms with E-state index in [-0.39, 0.29) is 17.7 Å². The molecule has 1 saturated carbocycles. The molecule has 0 unspecified atom stereocenters. The molecular weight excluding hydrogens is 470 g/mol. The van der Waals surface area contributed by atoms with E-state index in [2.05, 4.69) is 15.4 Å². The highest BCUT2D eigenvalue weighted by Gasteiger charge is 2.30. The first-order valence-electron chi connectivity index (χ1n) is 12.2. The molecular formula is C28H29N5O4. The summed E-state index contributed by atoms with van der Waals surface area (Å²) in [5.74, 6) is 1.63. The maximum Gasteiger partial charge on any atom is 0.253 e. The molecule has 0 radical (unpaired) electrons. The second-order valence-corrected chi connectivity index (χ2v) is 9.12. The number of likely N-dealkylation sites (N-methyl/N-ethyl adjacent to an activating group) is 1. The Morgan fingerprint density at radius 3 is 2.49 bits per heavy atom. The molecule has 1 aliphatic rings. The molecule has 1 N–H and O–H groups in total. The van der Waals surface area contributed by atoms with Crippen LogP contribution in [0, 0.1) is 5.92 Å². The minimum Gasteiger partial charge on any atom is -0.493 e. The summed E-state index contributed by atoms with van der Waals surface area (Å²) in [5.41, 5.74) is 4.00. The van der Waals surface area contributed by atoms with Crippen molar-refractivity contribution in [1.82, 2.24) is 19.5 Å². The highest BCUT2D eigenvalue weighted by Crippen LogP contribution is 2.30. The van der Waals surface area contributed by atoms with Crippen molar-refractivity contribution in [1.29, 1.82) is 0 Å². The van der Waals surface area contributed by atoms with Gasteiger partial charge >= 0.3 is 0 Å². The van der Waals surface area contributed by atoms with Gasteiger partial charge in [0.2, 0.25) is 11.9 Å². The summed E-state index contributed by atoms with van der Waals surface area (Å²) < 4.78 is 12.4.